The number of aromatic nitrogens is 2. The highest BCUT2D eigenvalue weighted by molar-refractivity contribution is 5.39. The maximum Gasteiger partial charge on any atom is 0.224 e. The molecule has 3 rings (SSSR count). The molecule has 116 valence electrons. The van der Waals surface area contributed by atoms with Crippen molar-refractivity contribution in [3.8, 4) is 0 Å². The summed E-state index contributed by atoms with van der Waals surface area (Å²) < 4.78 is 0. The number of piperazine rings is 1. The molecule has 21 heavy (non-hydrogen) atoms. The number of hydrogen-bond acceptors (Lipinski definition) is 6. The monoisotopic (exact) mass is 290 g/mol. The molecule has 0 spiro atoms. The number of nitrogens with zero attached hydrogens (tertiary/aromatic N) is 4. The first-order valence-electron chi connectivity index (χ1n) is 7.85. The van der Waals surface area contributed by atoms with E-state index < -0.39 is 0 Å². The van der Waals surface area contributed by atoms with Crippen LogP contribution in [0.4, 0.5) is 11.8 Å². The Labute approximate surface area is 126 Å². The first-order chi connectivity index (χ1) is 10.2. The third-order valence-electron chi connectivity index (χ3n) is 4.65. The summed E-state index contributed by atoms with van der Waals surface area (Å²) in [5.41, 5.74) is 0.439. The van der Waals surface area contributed by atoms with Crippen molar-refractivity contribution in [2.45, 2.75) is 12.8 Å². The second-order valence-electron chi connectivity index (χ2n) is 6.45. The van der Waals surface area contributed by atoms with Gasteiger partial charge in [-0.15, -0.1) is 0 Å². The minimum absolute atomic E-state index is 0.439. The molecular formula is C15H26N6. The van der Waals surface area contributed by atoms with Crippen LogP contribution in [-0.4, -0.2) is 73.1 Å². The third kappa shape index (κ3) is 3.83. The van der Waals surface area contributed by atoms with Crippen LogP contribution in [0.2, 0.25) is 0 Å². The van der Waals surface area contributed by atoms with E-state index in [1.165, 1.54) is 45.6 Å². The number of nitrogens with one attached hydrogen (secondary N) is 2. The van der Waals surface area contributed by atoms with Crippen molar-refractivity contribution in [2.24, 2.45) is 5.41 Å². The normalized spacial score (nSPS) is 22.0. The van der Waals surface area contributed by atoms with Gasteiger partial charge in [0.1, 0.15) is 5.82 Å². The number of anilines is 2. The van der Waals surface area contributed by atoms with Gasteiger partial charge in [-0.05, 0) is 26.0 Å². The molecule has 0 bridgehead atoms. The van der Waals surface area contributed by atoms with Gasteiger partial charge in [0.2, 0.25) is 5.95 Å². The van der Waals surface area contributed by atoms with E-state index in [4.69, 9.17) is 0 Å². The smallest absolute Gasteiger partial charge is 0.224 e. The molecule has 0 unspecified atom stereocenters. The van der Waals surface area contributed by atoms with Crippen LogP contribution in [0.3, 0.4) is 0 Å². The quantitative estimate of drug-likeness (QED) is 0.814. The Morgan fingerprint density at radius 3 is 2.67 bits per heavy atom. The Morgan fingerprint density at radius 1 is 1.24 bits per heavy atom. The summed E-state index contributed by atoms with van der Waals surface area (Å²) in [7, 11) is 4.08. The molecule has 6 nitrogen and oxygen atoms in total. The van der Waals surface area contributed by atoms with Crippen LogP contribution in [0.15, 0.2) is 12.3 Å². The predicted octanol–water partition coefficient (Wildman–Crippen LogP) is 0.958. The fourth-order valence-corrected chi connectivity index (χ4v) is 2.90. The van der Waals surface area contributed by atoms with Crippen molar-refractivity contribution in [2.75, 3.05) is 64.0 Å². The van der Waals surface area contributed by atoms with Gasteiger partial charge in [0, 0.05) is 57.9 Å². The SMILES string of the molecule is CNc1ccnc(NCC2(CN3CCN(C)CC3)CC2)n1. The molecule has 2 N–H and O–H groups in total. The number of likely N-dealkylation sites (N-methyl/N-ethyl adjacent to an activating group) is 1. The Hall–Kier alpha value is -1.40. The first kappa shape index (κ1) is 14.5. The first-order valence-corrected chi connectivity index (χ1v) is 7.85. The fraction of sp³-hybridized carbons (Fsp3) is 0.733. The average molecular weight is 290 g/mol. The molecule has 0 aromatic carbocycles. The van der Waals surface area contributed by atoms with Crippen molar-refractivity contribution >= 4 is 11.8 Å². The summed E-state index contributed by atoms with van der Waals surface area (Å²) in [6, 6.07) is 1.88. The molecular weight excluding hydrogens is 264 g/mol. The van der Waals surface area contributed by atoms with Crippen LogP contribution < -0.4 is 10.6 Å². The van der Waals surface area contributed by atoms with E-state index in [2.05, 4.69) is 37.4 Å². The average Bonchev–Trinajstić information content (AvgIpc) is 3.28. The molecule has 0 atom stereocenters. The zero-order valence-electron chi connectivity index (χ0n) is 13.1. The molecule has 1 saturated heterocycles. The molecule has 6 heteroatoms. The van der Waals surface area contributed by atoms with Crippen LogP contribution in [0.1, 0.15) is 12.8 Å². The fourth-order valence-electron chi connectivity index (χ4n) is 2.90. The predicted molar refractivity (Wildman–Crippen MR) is 85.7 cm³/mol. The number of hydrogen-bond donors (Lipinski definition) is 2. The summed E-state index contributed by atoms with van der Waals surface area (Å²) in [5.74, 6) is 1.59. The van der Waals surface area contributed by atoms with Gasteiger partial charge in [0.15, 0.2) is 0 Å². The summed E-state index contributed by atoms with van der Waals surface area (Å²) >= 11 is 0. The molecule has 1 saturated carbocycles. The largest absolute Gasteiger partial charge is 0.373 e. The highest BCUT2D eigenvalue weighted by Gasteiger charge is 2.44. The van der Waals surface area contributed by atoms with E-state index in [-0.39, 0.29) is 0 Å². The summed E-state index contributed by atoms with van der Waals surface area (Å²) in [4.78, 5) is 13.7. The highest BCUT2D eigenvalue weighted by atomic mass is 15.3. The summed E-state index contributed by atoms with van der Waals surface area (Å²) in [5, 5.41) is 6.47. The standard InChI is InChI=1S/C15H26N6/c1-16-13-3-6-17-14(19-13)18-11-15(4-5-15)12-21-9-7-20(2)8-10-21/h3,6H,4-5,7-12H2,1-2H3,(H2,16,17,18,19). The van der Waals surface area contributed by atoms with E-state index in [0.29, 0.717) is 5.41 Å². The molecule has 2 aliphatic rings. The molecule has 2 fully saturated rings. The van der Waals surface area contributed by atoms with E-state index in [1.807, 2.05) is 13.1 Å². The van der Waals surface area contributed by atoms with Gasteiger partial charge in [0.25, 0.3) is 0 Å². The maximum atomic E-state index is 4.43. The van der Waals surface area contributed by atoms with Crippen molar-refractivity contribution in [1.82, 2.24) is 19.8 Å². The molecule has 2 heterocycles. The van der Waals surface area contributed by atoms with Gasteiger partial charge < -0.3 is 20.4 Å². The molecule has 1 aliphatic heterocycles. The Kier molecular flexibility index (Phi) is 4.26. The van der Waals surface area contributed by atoms with Gasteiger partial charge in [-0.3, -0.25) is 0 Å². The zero-order chi connectivity index (χ0) is 14.7. The van der Waals surface area contributed by atoms with Gasteiger partial charge in [-0.25, -0.2) is 4.98 Å². The Balaban J connectivity index is 1.50. The Bertz CT molecular complexity index is 465. The highest BCUT2D eigenvalue weighted by Crippen LogP contribution is 2.46. The molecule has 0 radical (unpaired) electrons. The third-order valence-corrected chi connectivity index (χ3v) is 4.65. The molecule has 1 aromatic rings. The maximum absolute atomic E-state index is 4.43. The van der Waals surface area contributed by atoms with Crippen LogP contribution >= 0.6 is 0 Å². The Morgan fingerprint density at radius 2 is 2.00 bits per heavy atom. The topological polar surface area (TPSA) is 56.3 Å². The van der Waals surface area contributed by atoms with E-state index in [1.54, 1.807) is 6.20 Å². The zero-order valence-corrected chi connectivity index (χ0v) is 13.1. The van der Waals surface area contributed by atoms with Crippen molar-refractivity contribution in [3.05, 3.63) is 12.3 Å². The van der Waals surface area contributed by atoms with Crippen LogP contribution in [0, 0.1) is 5.41 Å². The van der Waals surface area contributed by atoms with Crippen LogP contribution in [-0.2, 0) is 0 Å². The minimum atomic E-state index is 0.439. The minimum Gasteiger partial charge on any atom is -0.373 e. The van der Waals surface area contributed by atoms with Gasteiger partial charge in [-0.2, -0.15) is 4.98 Å². The van der Waals surface area contributed by atoms with Gasteiger partial charge in [0.05, 0.1) is 0 Å². The second-order valence-corrected chi connectivity index (χ2v) is 6.45. The lowest BCUT2D eigenvalue weighted by Crippen LogP contribution is -2.47. The van der Waals surface area contributed by atoms with E-state index in [0.717, 1.165) is 18.3 Å². The van der Waals surface area contributed by atoms with Gasteiger partial charge in [-0.1, -0.05) is 0 Å². The molecule has 0 amide bonds. The van der Waals surface area contributed by atoms with Crippen molar-refractivity contribution in [1.29, 1.82) is 0 Å². The van der Waals surface area contributed by atoms with Crippen molar-refractivity contribution in [3.63, 3.8) is 0 Å². The lowest BCUT2D eigenvalue weighted by Gasteiger charge is -2.34. The second kappa shape index (κ2) is 6.15. The molecule has 1 aromatic heterocycles. The van der Waals surface area contributed by atoms with E-state index in [9.17, 15) is 0 Å². The summed E-state index contributed by atoms with van der Waals surface area (Å²) in [6.45, 7) is 6.97. The summed E-state index contributed by atoms with van der Waals surface area (Å²) in [6.07, 6.45) is 4.43. The number of rotatable bonds is 6. The lowest BCUT2D eigenvalue weighted by atomic mass is 10.1. The van der Waals surface area contributed by atoms with Crippen LogP contribution in [0.5, 0.6) is 0 Å². The lowest BCUT2D eigenvalue weighted by molar-refractivity contribution is 0.133. The van der Waals surface area contributed by atoms with Crippen molar-refractivity contribution < 1.29 is 0 Å². The van der Waals surface area contributed by atoms with Crippen LogP contribution in [0.25, 0.3) is 0 Å². The van der Waals surface area contributed by atoms with Gasteiger partial charge >= 0.3 is 0 Å². The van der Waals surface area contributed by atoms with E-state index >= 15 is 0 Å². The molecule has 1 aliphatic carbocycles.